The van der Waals surface area contributed by atoms with Gasteiger partial charge in [-0.15, -0.1) is 0 Å². The Balaban J connectivity index is 0.000000257. The summed E-state index contributed by atoms with van der Waals surface area (Å²) in [5, 5.41) is 9.80. The molecule has 2 heterocycles. The van der Waals surface area contributed by atoms with Crippen molar-refractivity contribution in [2.45, 2.75) is 59.2 Å². The van der Waals surface area contributed by atoms with Crippen molar-refractivity contribution in [2.75, 3.05) is 40.3 Å². The summed E-state index contributed by atoms with van der Waals surface area (Å²) in [5.74, 6) is 1.01. The number of ether oxygens (including phenoxy) is 1. The first-order valence-electron chi connectivity index (χ1n) is 11.3. The van der Waals surface area contributed by atoms with Crippen molar-refractivity contribution in [2.24, 2.45) is 0 Å². The number of benzene rings is 2. The van der Waals surface area contributed by atoms with E-state index >= 15 is 0 Å². The number of halogens is 1. The van der Waals surface area contributed by atoms with Crippen molar-refractivity contribution < 1.29 is 9.84 Å². The highest BCUT2D eigenvalue weighted by molar-refractivity contribution is 6.30. The number of rotatable bonds is 2. The van der Waals surface area contributed by atoms with E-state index in [2.05, 4.69) is 55.1 Å². The van der Waals surface area contributed by atoms with Gasteiger partial charge in [-0.05, 0) is 77.9 Å². The van der Waals surface area contributed by atoms with E-state index in [-0.39, 0.29) is 13.5 Å². The molecule has 4 nitrogen and oxygen atoms in total. The number of piperidine rings is 2. The first-order valence-corrected chi connectivity index (χ1v) is 11.7. The standard InChI is InChI=1S/C13H19NO.C7H7Cl.C6H13NO.CH4/c1-11-3-5-12(6-4-11)15-13-7-9-14(2)10-8-13;1-6-2-4-7(8)5-3-6;1-7-4-2-6(8)3-5-7;/h3-6,13H,7-10H2,1-2H3;2-5H,1H3;6,8H,2-5H2,1H3;1H4. The van der Waals surface area contributed by atoms with E-state index in [0.717, 1.165) is 62.6 Å². The maximum atomic E-state index is 9.00. The summed E-state index contributed by atoms with van der Waals surface area (Å²) in [6.45, 7) is 8.55. The smallest absolute Gasteiger partial charge is 0.119 e. The fourth-order valence-corrected chi connectivity index (χ4v) is 3.57. The van der Waals surface area contributed by atoms with Gasteiger partial charge in [-0.1, -0.05) is 54.4 Å². The number of likely N-dealkylation sites (tertiary alicyclic amines) is 2. The van der Waals surface area contributed by atoms with Gasteiger partial charge in [-0.2, -0.15) is 0 Å². The zero-order chi connectivity index (χ0) is 22.6. The van der Waals surface area contributed by atoms with Crippen molar-refractivity contribution in [1.82, 2.24) is 9.80 Å². The molecule has 0 radical (unpaired) electrons. The lowest BCUT2D eigenvalue weighted by Crippen LogP contribution is -2.35. The number of aliphatic hydroxyl groups excluding tert-OH is 1. The Bertz CT molecular complexity index is 689. The van der Waals surface area contributed by atoms with Gasteiger partial charge >= 0.3 is 0 Å². The average molecular weight is 463 g/mol. The zero-order valence-corrected chi connectivity index (χ0v) is 20.3. The molecule has 5 heteroatoms. The number of aliphatic hydroxyl groups is 1. The van der Waals surface area contributed by atoms with Gasteiger partial charge in [0, 0.05) is 31.2 Å². The Hall–Kier alpha value is -1.59. The van der Waals surface area contributed by atoms with Gasteiger partial charge in [0.05, 0.1) is 6.10 Å². The molecule has 2 aliphatic heterocycles. The summed E-state index contributed by atoms with van der Waals surface area (Å²) in [4.78, 5) is 4.60. The van der Waals surface area contributed by atoms with Gasteiger partial charge in [-0.25, -0.2) is 0 Å². The molecule has 0 spiro atoms. The molecule has 2 aromatic carbocycles. The topological polar surface area (TPSA) is 35.9 Å². The molecule has 2 aliphatic rings. The zero-order valence-electron chi connectivity index (χ0n) is 19.6. The summed E-state index contributed by atoms with van der Waals surface area (Å²) in [5.41, 5.74) is 2.53. The molecular weight excluding hydrogens is 420 g/mol. The van der Waals surface area contributed by atoms with Gasteiger partial charge < -0.3 is 19.6 Å². The predicted octanol–water partition coefficient (Wildman–Crippen LogP) is 5.83. The predicted molar refractivity (Wildman–Crippen MR) is 138 cm³/mol. The molecule has 1 N–H and O–H groups in total. The molecule has 0 aromatic heterocycles. The Morgan fingerprint density at radius 2 is 1.16 bits per heavy atom. The largest absolute Gasteiger partial charge is 0.490 e. The third kappa shape index (κ3) is 11.9. The maximum Gasteiger partial charge on any atom is 0.119 e. The van der Waals surface area contributed by atoms with E-state index in [1.807, 2.05) is 31.2 Å². The minimum absolute atomic E-state index is 0. The molecule has 0 amide bonds. The maximum absolute atomic E-state index is 9.00. The Kier molecular flexibility index (Phi) is 13.6. The van der Waals surface area contributed by atoms with Crippen LogP contribution in [0.1, 0.15) is 44.2 Å². The van der Waals surface area contributed by atoms with Crippen LogP contribution in [0.25, 0.3) is 0 Å². The first-order chi connectivity index (χ1) is 14.8. The first kappa shape index (κ1) is 28.4. The molecule has 32 heavy (non-hydrogen) atoms. The minimum atomic E-state index is -0.0220. The van der Waals surface area contributed by atoms with Crippen molar-refractivity contribution >= 4 is 11.6 Å². The van der Waals surface area contributed by atoms with Crippen LogP contribution >= 0.6 is 11.6 Å². The normalized spacial score (nSPS) is 17.8. The van der Waals surface area contributed by atoms with E-state index in [4.69, 9.17) is 21.4 Å². The third-order valence-corrected chi connectivity index (χ3v) is 5.94. The van der Waals surface area contributed by atoms with Crippen LogP contribution in [0.2, 0.25) is 5.02 Å². The lowest BCUT2D eigenvalue weighted by Gasteiger charge is -2.29. The Morgan fingerprint density at radius 1 is 0.750 bits per heavy atom. The van der Waals surface area contributed by atoms with Crippen molar-refractivity contribution in [3.05, 3.63) is 64.7 Å². The minimum Gasteiger partial charge on any atom is -0.490 e. The lowest BCUT2D eigenvalue weighted by atomic mass is 10.1. The van der Waals surface area contributed by atoms with Crippen LogP contribution in [-0.2, 0) is 0 Å². The fourth-order valence-electron chi connectivity index (χ4n) is 3.44. The summed E-state index contributed by atoms with van der Waals surface area (Å²) >= 11 is 5.61. The highest BCUT2D eigenvalue weighted by Gasteiger charge is 2.17. The van der Waals surface area contributed by atoms with Gasteiger partial charge in [0.25, 0.3) is 0 Å². The number of hydrogen-bond donors (Lipinski definition) is 1. The average Bonchev–Trinajstić information content (AvgIpc) is 2.76. The second-order valence-corrected chi connectivity index (χ2v) is 9.20. The van der Waals surface area contributed by atoms with Crippen molar-refractivity contribution in [3.63, 3.8) is 0 Å². The van der Waals surface area contributed by atoms with Crippen LogP contribution in [0, 0.1) is 13.8 Å². The van der Waals surface area contributed by atoms with E-state index in [1.165, 1.54) is 11.1 Å². The number of aryl methyl sites for hydroxylation is 2. The van der Waals surface area contributed by atoms with Crippen LogP contribution < -0.4 is 4.74 Å². The molecule has 0 bridgehead atoms. The summed E-state index contributed by atoms with van der Waals surface area (Å²) in [6, 6.07) is 16.1. The molecule has 0 aliphatic carbocycles. The van der Waals surface area contributed by atoms with Crippen LogP contribution in [0.15, 0.2) is 48.5 Å². The van der Waals surface area contributed by atoms with Gasteiger partial charge in [0.2, 0.25) is 0 Å². The third-order valence-electron chi connectivity index (χ3n) is 5.69. The van der Waals surface area contributed by atoms with Gasteiger partial charge in [0.1, 0.15) is 11.9 Å². The molecule has 180 valence electrons. The number of hydrogen-bond acceptors (Lipinski definition) is 4. The Labute approximate surface area is 201 Å². The van der Waals surface area contributed by atoms with E-state index in [1.54, 1.807) is 0 Å². The van der Waals surface area contributed by atoms with Gasteiger partial charge in [-0.3, -0.25) is 0 Å². The molecule has 0 atom stereocenters. The highest BCUT2D eigenvalue weighted by atomic mass is 35.5. The molecule has 2 aromatic rings. The molecule has 0 unspecified atom stereocenters. The molecule has 0 saturated carbocycles. The molecule has 2 fully saturated rings. The van der Waals surface area contributed by atoms with Crippen molar-refractivity contribution in [1.29, 1.82) is 0 Å². The van der Waals surface area contributed by atoms with E-state index in [9.17, 15) is 0 Å². The van der Waals surface area contributed by atoms with Crippen molar-refractivity contribution in [3.8, 4) is 5.75 Å². The van der Waals surface area contributed by atoms with Gasteiger partial charge in [0.15, 0.2) is 0 Å². The summed E-state index contributed by atoms with van der Waals surface area (Å²) < 4.78 is 5.93. The lowest BCUT2D eigenvalue weighted by molar-refractivity contribution is 0.0942. The van der Waals surface area contributed by atoms with Crippen LogP contribution in [0.3, 0.4) is 0 Å². The van der Waals surface area contributed by atoms with Crippen LogP contribution in [0.4, 0.5) is 0 Å². The summed E-state index contributed by atoms with van der Waals surface area (Å²) in [6.07, 6.45) is 4.58. The van der Waals surface area contributed by atoms with E-state index in [0.29, 0.717) is 6.10 Å². The number of nitrogens with zero attached hydrogens (tertiary/aromatic N) is 2. The molecule has 2 saturated heterocycles. The quantitative estimate of drug-likeness (QED) is 0.609. The molecule has 4 rings (SSSR count). The second kappa shape index (κ2) is 15.3. The summed E-state index contributed by atoms with van der Waals surface area (Å²) in [7, 11) is 4.26. The van der Waals surface area contributed by atoms with Crippen LogP contribution in [0.5, 0.6) is 5.75 Å². The second-order valence-electron chi connectivity index (χ2n) is 8.76. The fraction of sp³-hybridized carbons (Fsp3) is 0.556. The SMILES string of the molecule is C.CN1CCC(O)CC1.Cc1ccc(Cl)cc1.Cc1ccc(OC2CCN(C)CC2)cc1. The van der Waals surface area contributed by atoms with Crippen LogP contribution in [-0.4, -0.2) is 67.4 Å². The van der Waals surface area contributed by atoms with E-state index < -0.39 is 0 Å². The Morgan fingerprint density at radius 3 is 1.56 bits per heavy atom. The molecular formula is C27H43ClN2O2. The monoisotopic (exact) mass is 462 g/mol. The highest BCUT2D eigenvalue weighted by Crippen LogP contribution is 2.18.